The van der Waals surface area contributed by atoms with E-state index in [0.717, 1.165) is 29.5 Å². The van der Waals surface area contributed by atoms with Gasteiger partial charge in [0.05, 0.1) is 18.6 Å². The molecule has 1 amide bonds. The Morgan fingerprint density at radius 1 is 1.11 bits per heavy atom. The number of nitrogens with zero attached hydrogens (tertiary/aromatic N) is 5. The second-order valence-corrected chi connectivity index (χ2v) is 9.85. The summed E-state index contributed by atoms with van der Waals surface area (Å²) < 4.78 is 13.7. The number of amides is 1. The number of fused-ring (bicyclic) bond motifs is 1. The van der Waals surface area contributed by atoms with Gasteiger partial charge >= 0.3 is 0 Å². The number of pyridine rings is 1. The summed E-state index contributed by atoms with van der Waals surface area (Å²) in [5.41, 5.74) is 0.803. The first-order valence-electron chi connectivity index (χ1n) is 11.9. The summed E-state index contributed by atoms with van der Waals surface area (Å²) in [6, 6.07) is 14.1. The van der Waals surface area contributed by atoms with E-state index in [1.165, 1.54) is 18.2 Å². The predicted octanol–water partition coefficient (Wildman–Crippen LogP) is 4.93. The molecule has 3 aromatic heterocycles. The maximum atomic E-state index is 13.1. The summed E-state index contributed by atoms with van der Waals surface area (Å²) in [7, 11) is 0. The summed E-state index contributed by atoms with van der Waals surface area (Å²) in [5.74, 6) is 2.59. The van der Waals surface area contributed by atoms with Crippen LogP contribution in [0.4, 0.5) is 0 Å². The maximum Gasteiger partial charge on any atom is 0.233 e. The third kappa shape index (κ3) is 5.19. The van der Waals surface area contributed by atoms with E-state index in [9.17, 15) is 4.79 Å². The number of likely N-dealkylation sites (tertiary alicyclic amines) is 1. The van der Waals surface area contributed by atoms with Crippen LogP contribution in [-0.4, -0.2) is 48.4 Å². The molecule has 0 saturated carbocycles. The third-order valence-corrected chi connectivity index (χ3v) is 7.40. The fourth-order valence-corrected chi connectivity index (χ4v) is 5.52. The van der Waals surface area contributed by atoms with E-state index < -0.39 is 0 Å². The Balaban J connectivity index is 1.33. The Hall–Kier alpha value is -3.33. The van der Waals surface area contributed by atoms with Gasteiger partial charge in [0.25, 0.3) is 0 Å². The quantitative estimate of drug-likeness (QED) is 0.323. The molecule has 4 heterocycles. The summed E-state index contributed by atoms with van der Waals surface area (Å²) >= 11 is 1.41. The lowest BCUT2D eigenvalue weighted by atomic mass is 9.98. The molecule has 182 valence electrons. The van der Waals surface area contributed by atoms with Gasteiger partial charge in [-0.15, -0.1) is 10.2 Å². The number of carbonyl (C=O) groups excluding carboxylic acids is 1. The zero-order chi connectivity index (χ0) is 24.2. The molecule has 1 fully saturated rings. The van der Waals surface area contributed by atoms with Gasteiger partial charge < -0.3 is 14.1 Å². The molecule has 1 aromatic carbocycles. The molecule has 4 aromatic rings. The lowest BCUT2D eigenvalue weighted by molar-refractivity contribution is -0.134. The van der Waals surface area contributed by atoms with Crippen LogP contribution < -0.4 is 4.74 Å². The average Bonchev–Trinajstić information content (AvgIpc) is 3.51. The topological polar surface area (TPSA) is 86.3 Å². The van der Waals surface area contributed by atoms with Gasteiger partial charge in [0.1, 0.15) is 23.6 Å². The van der Waals surface area contributed by atoms with Crippen LogP contribution in [0.2, 0.25) is 0 Å². The molecular weight excluding hydrogens is 462 g/mol. The highest BCUT2D eigenvalue weighted by Crippen LogP contribution is 2.27. The van der Waals surface area contributed by atoms with Crippen LogP contribution in [0.25, 0.3) is 10.9 Å². The Morgan fingerprint density at radius 3 is 2.74 bits per heavy atom. The van der Waals surface area contributed by atoms with Crippen LogP contribution in [0.5, 0.6) is 5.75 Å². The largest absolute Gasteiger partial charge is 0.483 e. The van der Waals surface area contributed by atoms with Gasteiger partial charge in [-0.3, -0.25) is 14.3 Å². The lowest BCUT2D eigenvalue weighted by Gasteiger charge is -2.39. The van der Waals surface area contributed by atoms with E-state index in [-0.39, 0.29) is 24.6 Å². The first kappa shape index (κ1) is 23.4. The van der Waals surface area contributed by atoms with E-state index in [4.69, 9.17) is 9.15 Å². The molecule has 5 rings (SSSR count). The molecule has 35 heavy (non-hydrogen) atoms. The van der Waals surface area contributed by atoms with Crippen LogP contribution in [0.15, 0.2) is 64.5 Å². The smallest absolute Gasteiger partial charge is 0.233 e. The van der Waals surface area contributed by atoms with Gasteiger partial charge in [-0.1, -0.05) is 30.0 Å². The van der Waals surface area contributed by atoms with Gasteiger partial charge in [-0.05, 0) is 57.4 Å². The number of para-hydroxylation sites is 1. The molecule has 0 aliphatic carbocycles. The van der Waals surface area contributed by atoms with Crippen LogP contribution in [0.1, 0.15) is 44.7 Å². The van der Waals surface area contributed by atoms with Crippen molar-refractivity contribution in [2.24, 2.45) is 0 Å². The summed E-state index contributed by atoms with van der Waals surface area (Å²) in [4.78, 5) is 19.5. The number of hydrogen-bond acceptors (Lipinski definition) is 7. The Kier molecular flexibility index (Phi) is 7.03. The molecule has 2 atom stereocenters. The van der Waals surface area contributed by atoms with Crippen LogP contribution in [-0.2, 0) is 17.9 Å². The standard InChI is InChI=1S/C26H29N5O3S/c1-18-7-3-8-19(2)31(18)24(32)17-35-26-29-28-23(30(26)15-21-11-6-14-33-21)16-34-22-12-4-9-20-10-5-13-27-25(20)22/h4-6,9-14,18-19H,3,7-8,15-17H2,1-2H3/t18-,19+. The number of ether oxygens (including phenoxy) is 1. The van der Waals surface area contributed by atoms with Crippen molar-refractivity contribution in [3.05, 3.63) is 66.5 Å². The second kappa shape index (κ2) is 10.5. The highest BCUT2D eigenvalue weighted by atomic mass is 32.2. The van der Waals surface area contributed by atoms with Gasteiger partial charge in [0.15, 0.2) is 11.0 Å². The van der Waals surface area contributed by atoms with Gasteiger partial charge in [-0.2, -0.15) is 0 Å². The van der Waals surface area contributed by atoms with E-state index in [2.05, 4.69) is 29.0 Å². The van der Waals surface area contributed by atoms with Crippen molar-refractivity contribution in [3.8, 4) is 5.75 Å². The minimum Gasteiger partial charge on any atom is -0.483 e. The molecule has 0 radical (unpaired) electrons. The normalized spacial score (nSPS) is 18.2. The van der Waals surface area contributed by atoms with Crippen LogP contribution in [0, 0.1) is 0 Å². The number of thioether (sulfide) groups is 1. The predicted molar refractivity (Wildman–Crippen MR) is 134 cm³/mol. The minimum absolute atomic E-state index is 0.141. The number of hydrogen-bond donors (Lipinski definition) is 0. The Labute approximate surface area is 208 Å². The highest BCUT2D eigenvalue weighted by molar-refractivity contribution is 7.99. The summed E-state index contributed by atoms with van der Waals surface area (Å²) in [5, 5.41) is 10.5. The number of benzene rings is 1. The van der Waals surface area contributed by atoms with Crippen molar-refractivity contribution in [2.45, 2.75) is 63.5 Å². The van der Waals surface area contributed by atoms with E-state index in [0.29, 0.717) is 29.0 Å². The number of carbonyl (C=O) groups is 1. The van der Waals surface area contributed by atoms with Gasteiger partial charge in [0, 0.05) is 23.7 Å². The summed E-state index contributed by atoms with van der Waals surface area (Å²) in [6.45, 7) is 4.95. The molecule has 0 bridgehead atoms. The summed E-state index contributed by atoms with van der Waals surface area (Å²) in [6.07, 6.45) is 6.68. The number of aromatic nitrogens is 4. The number of rotatable bonds is 8. The van der Waals surface area contributed by atoms with Gasteiger partial charge in [0.2, 0.25) is 5.91 Å². The van der Waals surface area contributed by atoms with Crippen molar-refractivity contribution in [3.63, 3.8) is 0 Å². The fraction of sp³-hybridized carbons (Fsp3) is 0.385. The highest BCUT2D eigenvalue weighted by Gasteiger charge is 2.29. The van der Waals surface area contributed by atoms with E-state index in [1.807, 2.05) is 51.9 Å². The van der Waals surface area contributed by atoms with Crippen molar-refractivity contribution in [1.82, 2.24) is 24.6 Å². The van der Waals surface area contributed by atoms with Crippen molar-refractivity contribution in [1.29, 1.82) is 0 Å². The van der Waals surface area contributed by atoms with Crippen molar-refractivity contribution in [2.75, 3.05) is 5.75 Å². The molecule has 1 aliphatic heterocycles. The minimum atomic E-state index is 0.141. The van der Waals surface area contributed by atoms with E-state index in [1.54, 1.807) is 12.5 Å². The lowest BCUT2D eigenvalue weighted by Crippen LogP contribution is -2.48. The van der Waals surface area contributed by atoms with Crippen molar-refractivity contribution < 1.29 is 13.9 Å². The second-order valence-electron chi connectivity index (χ2n) is 8.90. The zero-order valence-corrected chi connectivity index (χ0v) is 20.8. The molecule has 9 heteroatoms. The molecule has 0 N–H and O–H groups in total. The van der Waals surface area contributed by atoms with Crippen molar-refractivity contribution >= 4 is 28.6 Å². The molecule has 8 nitrogen and oxygen atoms in total. The maximum absolute atomic E-state index is 13.1. The first-order valence-corrected chi connectivity index (χ1v) is 12.9. The van der Waals surface area contributed by atoms with Gasteiger partial charge in [-0.25, -0.2) is 0 Å². The first-order chi connectivity index (χ1) is 17.1. The molecule has 1 saturated heterocycles. The Bertz CT molecular complexity index is 1270. The fourth-order valence-electron chi connectivity index (χ4n) is 4.70. The molecular formula is C26H29N5O3S. The molecule has 0 unspecified atom stereocenters. The monoisotopic (exact) mass is 491 g/mol. The van der Waals surface area contributed by atoms with Crippen LogP contribution >= 0.6 is 11.8 Å². The number of piperidine rings is 1. The molecule has 0 spiro atoms. The average molecular weight is 492 g/mol. The molecule has 1 aliphatic rings. The number of furan rings is 1. The SMILES string of the molecule is C[C@@H]1CCC[C@H](C)N1C(=O)CSc1nnc(COc2cccc3cccnc23)n1Cc1ccco1. The third-order valence-electron chi connectivity index (χ3n) is 6.45. The Morgan fingerprint density at radius 2 is 1.94 bits per heavy atom. The van der Waals surface area contributed by atoms with Crippen LogP contribution in [0.3, 0.4) is 0 Å². The zero-order valence-electron chi connectivity index (χ0n) is 20.0. The van der Waals surface area contributed by atoms with E-state index >= 15 is 0 Å².